The highest BCUT2D eigenvalue weighted by Crippen LogP contribution is 2.21. The number of carbonyl (C=O) groups is 5. The van der Waals surface area contributed by atoms with Gasteiger partial charge in [-0.25, -0.2) is 4.79 Å². The molecule has 41 heavy (non-hydrogen) atoms. The number of carboxylic acids is 1. The Morgan fingerprint density at radius 2 is 1.49 bits per heavy atom. The molecule has 1 heterocycles. The largest absolute Gasteiger partial charge is 0.481 e. The number of hydrogen-bond donors (Lipinski definition) is 5. The molecule has 4 amide bonds. The topological polar surface area (TPSA) is 184 Å². The quantitative estimate of drug-likeness (QED) is 0.206. The highest BCUT2D eigenvalue weighted by Gasteiger charge is 2.26. The van der Waals surface area contributed by atoms with E-state index in [1.807, 2.05) is 6.07 Å². The molecule has 0 aliphatic carbocycles. The number of aryl methyl sites for hydroxylation is 1. The molecule has 12 heteroatoms. The Morgan fingerprint density at radius 3 is 2.17 bits per heavy atom. The van der Waals surface area contributed by atoms with Gasteiger partial charge in [0, 0.05) is 36.0 Å². The van der Waals surface area contributed by atoms with Crippen molar-refractivity contribution in [1.82, 2.24) is 16.0 Å². The van der Waals surface area contributed by atoms with E-state index >= 15 is 0 Å². The summed E-state index contributed by atoms with van der Waals surface area (Å²) in [5.74, 6) is -3.59. The van der Waals surface area contributed by atoms with E-state index in [2.05, 4.69) is 21.3 Å². The minimum absolute atomic E-state index is 0.150. The number of amides is 4. The van der Waals surface area contributed by atoms with Crippen LogP contribution in [0.3, 0.4) is 0 Å². The first-order valence-corrected chi connectivity index (χ1v) is 12.9. The van der Waals surface area contributed by atoms with Gasteiger partial charge in [0.2, 0.25) is 23.6 Å². The standard InChI is InChI=1S/C29H32N4O8/c1-16-13-26(37)41-23-15-20(9-10-21(16)23)32-29(40)22(14-19-7-5-4-6-8-19)33-28(39)18(3)31-27(38)17(2)30-24(34)11-12-25(35)36/h4-10,13,15,17-18,22H,11-12,14H2,1-3H3,(H,30,34)(H,31,38)(H,32,40)(H,33,39)(H,35,36)/t17-,18-,22+/m1/s1. The second-order valence-corrected chi connectivity index (χ2v) is 9.61. The molecule has 5 N–H and O–H groups in total. The summed E-state index contributed by atoms with van der Waals surface area (Å²) in [5, 5.41) is 19.7. The zero-order chi connectivity index (χ0) is 30.1. The number of carbonyl (C=O) groups excluding carboxylic acids is 4. The van der Waals surface area contributed by atoms with E-state index in [-0.39, 0.29) is 19.3 Å². The Bertz CT molecular complexity index is 1500. The van der Waals surface area contributed by atoms with Gasteiger partial charge in [0.05, 0.1) is 6.42 Å². The highest BCUT2D eigenvalue weighted by molar-refractivity contribution is 6.00. The van der Waals surface area contributed by atoms with Crippen molar-refractivity contribution in [1.29, 1.82) is 0 Å². The van der Waals surface area contributed by atoms with Gasteiger partial charge in [-0.3, -0.25) is 24.0 Å². The number of benzene rings is 2. The lowest BCUT2D eigenvalue weighted by Crippen LogP contribution is -2.55. The number of nitrogens with one attached hydrogen (secondary N) is 4. The summed E-state index contributed by atoms with van der Waals surface area (Å²) in [6, 6.07) is 12.2. The lowest BCUT2D eigenvalue weighted by Gasteiger charge is -2.22. The van der Waals surface area contributed by atoms with Crippen LogP contribution in [-0.2, 0) is 30.4 Å². The molecule has 3 atom stereocenters. The van der Waals surface area contributed by atoms with Crippen LogP contribution in [0.4, 0.5) is 5.69 Å². The zero-order valence-electron chi connectivity index (χ0n) is 22.9. The Labute approximate surface area is 235 Å². The molecule has 216 valence electrons. The van der Waals surface area contributed by atoms with Crippen molar-refractivity contribution in [2.24, 2.45) is 0 Å². The summed E-state index contributed by atoms with van der Waals surface area (Å²) in [4.78, 5) is 73.1. The van der Waals surface area contributed by atoms with Gasteiger partial charge in [-0.2, -0.15) is 0 Å². The molecule has 0 aliphatic rings. The van der Waals surface area contributed by atoms with Crippen LogP contribution in [-0.4, -0.2) is 52.8 Å². The molecular weight excluding hydrogens is 532 g/mol. The van der Waals surface area contributed by atoms with Gasteiger partial charge in [-0.1, -0.05) is 30.3 Å². The summed E-state index contributed by atoms with van der Waals surface area (Å²) in [6.07, 6.45) is -0.518. The number of hydrogen-bond acceptors (Lipinski definition) is 7. The maximum atomic E-state index is 13.3. The Kier molecular flexibility index (Phi) is 10.3. The third kappa shape index (κ3) is 9.02. The molecule has 12 nitrogen and oxygen atoms in total. The van der Waals surface area contributed by atoms with Crippen molar-refractivity contribution in [2.75, 3.05) is 5.32 Å². The molecule has 0 spiro atoms. The number of anilines is 1. The average molecular weight is 565 g/mol. The number of fused-ring (bicyclic) bond motifs is 1. The third-order valence-corrected chi connectivity index (χ3v) is 6.22. The smallest absolute Gasteiger partial charge is 0.336 e. The van der Waals surface area contributed by atoms with Crippen LogP contribution < -0.4 is 26.9 Å². The van der Waals surface area contributed by atoms with Crippen LogP contribution in [0.25, 0.3) is 11.0 Å². The first kappa shape index (κ1) is 30.5. The van der Waals surface area contributed by atoms with Crippen molar-refractivity contribution < 1.29 is 33.5 Å². The van der Waals surface area contributed by atoms with Gasteiger partial charge < -0.3 is 30.8 Å². The lowest BCUT2D eigenvalue weighted by atomic mass is 10.0. The molecule has 2 aromatic carbocycles. The van der Waals surface area contributed by atoms with Crippen molar-refractivity contribution in [3.8, 4) is 0 Å². The van der Waals surface area contributed by atoms with Crippen LogP contribution in [0, 0.1) is 6.92 Å². The second-order valence-electron chi connectivity index (χ2n) is 9.61. The predicted molar refractivity (Wildman–Crippen MR) is 150 cm³/mol. The number of carboxylic acid groups (broad SMARTS) is 1. The van der Waals surface area contributed by atoms with E-state index in [0.29, 0.717) is 16.7 Å². The van der Waals surface area contributed by atoms with Gasteiger partial charge in [0.15, 0.2) is 0 Å². The first-order valence-electron chi connectivity index (χ1n) is 12.9. The van der Waals surface area contributed by atoms with Crippen LogP contribution in [0.15, 0.2) is 63.8 Å². The van der Waals surface area contributed by atoms with E-state index in [9.17, 15) is 28.8 Å². The van der Waals surface area contributed by atoms with Gasteiger partial charge in [0.25, 0.3) is 0 Å². The molecule has 0 saturated heterocycles. The summed E-state index contributed by atoms with van der Waals surface area (Å²) < 4.78 is 5.25. The van der Waals surface area contributed by atoms with Crippen molar-refractivity contribution in [2.45, 2.75) is 58.2 Å². The lowest BCUT2D eigenvalue weighted by molar-refractivity contribution is -0.139. The SMILES string of the molecule is Cc1cc(=O)oc2cc(NC(=O)[C@H](Cc3ccccc3)NC(=O)[C@@H](C)NC(=O)[C@@H](C)NC(=O)CCC(=O)O)ccc12. The second kappa shape index (κ2) is 13.9. The van der Waals surface area contributed by atoms with Crippen molar-refractivity contribution in [3.05, 3.63) is 76.1 Å². The minimum atomic E-state index is -1.14. The fourth-order valence-electron chi connectivity index (χ4n) is 3.99. The first-order chi connectivity index (χ1) is 19.4. The fraction of sp³-hybridized carbons (Fsp3) is 0.310. The summed E-state index contributed by atoms with van der Waals surface area (Å²) in [7, 11) is 0. The maximum absolute atomic E-state index is 13.3. The molecule has 0 radical (unpaired) electrons. The molecule has 0 bridgehead atoms. The van der Waals surface area contributed by atoms with Crippen LogP contribution in [0.1, 0.15) is 37.8 Å². The molecule has 1 aromatic heterocycles. The molecule has 0 fully saturated rings. The highest BCUT2D eigenvalue weighted by atomic mass is 16.4. The van der Waals surface area contributed by atoms with Crippen molar-refractivity contribution in [3.63, 3.8) is 0 Å². The van der Waals surface area contributed by atoms with E-state index in [1.54, 1.807) is 43.3 Å². The molecule has 3 rings (SSSR count). The van der Waals surface area contributed by atoms with Gasteiger partial charge in [0.1, 0.15) is 23.7 Å². The molecule has 0 saturated carbocycles. The van der Waals surface area contributed by atoms with Crippen molar-refractivity contribution >= 4 is 46.3 Å². The molecular formula is C29H32N4O8. The maximum Gasteiger partial charge on any atom is 0.336 e. The Balaban J connectivity index is 1.69. The summed E-state index contributed by atoms with van der Waals surface area (Å²) in [5.41, 5.74) is 1.66. The van der Waals surface area contributed by atoms with Gasteiger partial charge in [-0.05, 0) is 44.0 Å². The molecule has 3 aromatic rings. The van der Waals surface area contributed by atoms with E-state index in [1.165, 1.54) is 26.0 Å². The van der Waals surface area contributed by atoms with Gasteiger partial charge >= 0.3 is 11.6 Å². The Morgan fingerprint density at radius 1 is 0.829 bits per heavy atom. The normalized spacial score (nSPS) is 13.0. The summed E-state index contributed by atoms with van der Waals surface area (Å²) >= 11 is 0. The monoisotopic (exact) mass is 564 g/mol. The van der Waals surface area contributed by atoms with Gasteiger partial charge in [-0.15, -0.1) is 0 Å². The predicted octanol–water partition coefficient (Wildman–Crippen LogP) is 1.64. The zero-order valence-corrected chi connectivity index (χ0v) is 22.9. The molecule has 0 unspecified atom stereocenters. The third-order valence-electron chi connectivity index (χ3n) is 6.22. The number of rotatable bonds is 12. The Hall–Kier alpha value is -5.00. The van der Waals surface area contributed by atoms with E-state index in [4.69, 9.17) is 9.52 Å². The van der Waals surface area contributed by atoms with E-state index in [0.717, 1.165) is 11.1 Å². The number of aliphatic carboxylic acids is 1. The molecule has 0 aliphatic heterocycles. The van der Waals surface area contributed by atoms with E-state index < -0.39 is 53.3 Å². The average Bonchev–Trinajstić information content (AvgIpc) is 2.91. The minimum Gasteiger partial charge on any atom is -0.481 e. The summed E-state index contributed by atoms with van der Waals surface area (Å²) in [6.45, 7) is 4.60. The van der Waals surface area contributed by atoms with Crippen LogP contribution in [0.2, 0.25) is 0 Å². The fourth-order valence-corrected chi connectivity index (χ4v) is 3.99. The van der Waals surface area contributed by atoms with Crippen LogP contribution >= 0.6 is 0 Å². The van der Waals surface area contributed by atoms with Crippen LogP contribution in [0.5, 0.6) is 0 Å².